The normalized spacial score (nSPS) is 15.5. The van der Waals surface area contributed by atoms with E-state index >= 15 is 0 Å². The van der Waals surface area contributed by atoms with Crippen LogP contribution in [0.1, 0.15) is 12.6 Å². The lowest BCUT2D eigenvalue weighted by atomic mass is 10.2. The van der Waals surface area contributed by atoms with Crippen LogP contribution >= 0.6 is 23.1 Å². The van der Waals surface area contributed by atoms with E-state index in [4.69, 9.17) is 4.98 Å². The van der Waals surface area contributed by atoms with Gasteiger partial charge in [-0.2, -0.15) is 0 Å². The van der Waals surface area contributed by atoms with Crippen LogP contribution in [0.2, 0.25) is 0 Å². The minimum Gasteiger partial charge on any atom is -0.339 e. The summed E-state index contributed by atoms with van der Waals surface area (Å²) < 4.78 is 0. The summed E-state index contributed by atoms with van der Waals surface area (Å²) in [6.07, 6.45) is 0. The number of aromatic nitrogens is 1. The SMILES string of the molecule is CC(Sc1ccc([N+](=O)[O-])cc1)C(=O)N1CCN(Cc2csc(-c3ccccc3)n2)CC1. The van der Waals surface area contributed by atoms with Gasteiger partial charge >= 0.3 is 0 Å². The molecular weight excluding hydrogens is 444 g/mol. The van der Waals surface area contributed by atoms with Gasteiger partial charge in [0, 0.05) is 60.7 Å². The maximum atomic E-state index is 12.9. The summed E-state index contributed by atoms with van der Waals surface area (Å²) in [7, 11) is 0. The first-order valence-electron chi connectivity index (χ1n) is 10.4. The Morgan fingerprint density at radius 1 is 1.12 bits per heavy atom. The largest absolute Gasteiger partial charge is 0.339 e. The number of piperazine rings is 1. The minimum absolute atomic E-state index is 0.0560. The number of nitro groups is 1. The molecule has 1 amide bonds. The second kappa shape index (κ2) is 10.2. The molecule has 0 spiro atoms. The Kier molecular flexibility index (Phi) is 7.19. The molecule has 1 aliphatic heterocycles. The summed E-state index contributed by atoms with van der Waals surface area (Å²) in [5, 5.41) is 13.7. The van der Waals surface area contributed by atoms with Crippen molar-refractivity contribution in [2.75, 3.05) is 26.2 Å². The second-order valence-electron chi connectivity index (χ2n) is 7.62. The first kappa shape index (κ1) is 22.4. The van der Waals surface area contributed by atoms with Crippen molar-refractivity contribution in [2.24, 2.45) is 0 Å². The van der Waals surface area contributed by atoms with Gasteiger partial charge in [0.1, 0.15) is 5.01 Å². The number of thioether (sulfide) groups is 1. The van der Waals surface area contributed by atoms with Crippen LogP contribution in [0.25, 0.3) is 10.6 Å². The summed E-state index contributed by atoms with van der Waals surface area (Å²) in [5.41, 5.74) is 2.26. The molecule has 2 heterocycles. The Hall–Kier alpha value is -2.75. The third kappa shape index (κ3) is 5.53. The van der Waals surface area contributed by atoms with E-state index in [1.165, 1.54) is 23.9 Å². The minimum atomic E-state index is -0.420. The molecule has 7 nitrogen and oxygen atoms in total. The summed E-state index contributed by atoms with van der Waals surface area (Å²) in [4.78, 5) is 33.1. The number of rotatable bonds is 7. The number of carbonyl (C=O) groups is 1. The predicted molar refractivity (Wildman–Crippen MR) is 128 cm³/mol. The van der Waals surface area contributed by atoms with Gasteiger partial charge in [0.2, 0.25) is 5.91 Å². The van der Waals surface area contributed by atoms with Crippen molar-refractivity contribution >= 4 is 34.7 Å². The lowest BCUT2D eigenvalue weighted by Crippen LogP contribution is -2.50. The lowest BCUT2D eigenvalue weighted by molar-refractivity contribution is -0.384. The fourth-order valence-electron chi connectivity index (χ4n) is 3.61. The standard InChI is InChI=1S/C23H24N4O3S2/c1-17(32-21-9-7-20(8-10-21)27(29)30)23(28)26-13-11-25(12-14-26)15-19-16-31-22(24-19)18-5-3-2-4-6-18/h2-10,16-17H,11-15H2,1H3. The van der Waals surface area contributed by atoms with Crippen LogP contribution in [0.4, 0.5) is 5.69 Å². The lowest BCUT2D eigenvalue weighted by Gasteiger charge is -2.35. The van der Waals surface area contributed by atoms with E-state index in [0.717, 1.165) is 40.8 Å². The van der Waals surface area contributed by atoms with Crippen molar-refractivity contribution in [3.05, 3.63) is 75.8 Å². The number of non-ortho nitro benzene ring substituents is 1. The first-order valence-corrected chi connectivity index (χ1v) is 12.2. The Morgan fingerprint density at radius 2 is 1.81 bits per heavy atom. The van der Waals surface area contributed by atoms with Crippen LogP contribution < -0.4 is 0 Å². The van der Waals surface area contributed by atoms with Gasteiger partial charge in [0.05, 0.1) is 15.9 Å². The molecule has 166 valence electrons. The van der Waals surface area contributed by atoms with Crippen molar-refractivity contribution in [2.45, 2.75) is 23.6 Å². The number of hydrogen-bond acceptors (Lipinski definition) is 7. The second-order valence-corrected chi connectivity index (χ2v) is 9.89. The number of thiazole rings is 1. The van der Waals surface area contributed by atoms with Crippen molar-refractivity contribution < 1.29 is 9.72 Å². The van der Waals surface area contributed by atoms with Gasteiger partial charge in [-0.05, 0) is 19.1 Å². The van der Waals surface area contributed by atoms with E-state index in [9.17, 15) is 14.9 Å². The van der Waals surface area contributed by atoms with Gasteiger partial charge in [-0.15, -0.1) is 23.1 Å². The fourth-order valence-corrected chi connectivity index (χ4v) is 5.37. The zero-order valence-corrected chi connectivity index (χ0v) is 19.3. The predicted octanol–water partition coefficient (Wildman–Crippen LogP) is 4.54. The molecule has 1 unspecified atom stereocenters. The fraction of sp³-hybridized carbons (Fsp3) is 0.304. The molecule has 0 aliphatic carbocycles. The van der Waals surface area contributed by atoms with E-state index in [0.29, 0.717) is 13.1 Å². The molecule has 0 radical (unpaired) electrons. The van der Waals surface area contributed by atoms with Gasteiger partial charge in [-0.3, -0.25) is 19.8 Å². The van der Waals surface area contributed by atoms with E-state index < -0.39 is 4.92 Å². The maximum absolute atomic E-state index is 12.9. The zero-order valence-electron chi connectivity index (χ0n) is 17.7. The number of nitrogens with zero attached hydrogens (tertiary/aromatic N) is 4. The van der Waals surface area contributed by atoms with Crippen LogP contribution in [0, 0.1) is 10.1 Å². The summed E-state index contributed by atoms with van der Waals surface area (Å²) in [6, 6.07) is 16.5. The molecule has 1 aliphatic rings. The molecule has 3 aromatic rings. The molecule has 0 N–H and O–H groups in total. The van der Waals surface area contributed by atoms with Crippen LogP contribution in [-0.2, 0) is 11.3 Å². The van der Waals surface area contributed by atoms with Crippen molar-refractivity contribution in [1.82, 2.24) is 14.8 Å². The van der Waals surface area contributed by atoms with Crippen molar-refractivity contribution in [3.8, 4) is 10.6 Å². The number of nitro benzene ring substituents is 1. The average Bonchev–Trinajstić information content (AvgIpc) is 3.28. The Labute approximate surface area is 195 Å². The van der Waals surface area contributed by atoms with Crippen molar-refractivity contribution in [3.63, 3.8) is 0 Å². The summed E-state index contributed by atoms with van der Waals surface area (Å²) in [5.74, 6) is 0.105. The zero-order chi connectivity index (χ0) is 22.5. The Balaban J connectivity index is 1.26. The van der Waals surface area contributed by atoms with Crippen LogP contribution in [0.3, 0.4) is 0 Å². The molecule has 32 heavy (non-hydrogen) atoms. The highest BCUT2D eigenvalue weighted by Gasteiger charge is 2.26. The Morgan fingerprint density at radius 3 is 2.47 bits per heavy atom. The third-order valence-corrected chi connectivity index (χ3v) is 7.39. The Bertz CT molecular complexity index is 1060. The first-order chi connectivity index (χ1) is 15.5. The molecule has 1 fully saturated rings. The summed E-state index contributed by atoms with van der Waals surface area (Å²) in [6.45, 7) is 5.71. The number of hydrogen-bond donors (Lipinski definition) is 0. The molecule has 4 rings (SSSR count). The monoisotopic (exact) mass is 468 g/mol. The molecular formula is C23H24N4O3S2. The molecule has 0 saturated carbocycles. The quantitative estimate of drug-likeness (QED) is 0.288. The van der Waals surface area contributed by atoms with Gasteiger partial charge in [-0.1, -0.05) is 30.3 Å². The average molecular weight is 469 g/mol. The van der Waals surface area contributed by atoms with Gasteiger partial charge in [0.15, 0.2) is 0 Å². The van der Waals surface area contributed by atoms with Gasteiger partial charge in [0.25, 0.3) is 5.69 Å². The molecule has 1 saturated heterocycles. The molecule has 1 aromatic heterocycles. The van der Waals surface area contributed by atoms with E-state index in [2.05, 4.69) is 22.4 Å². The molecule has 9 heteroatoms. The third-order valence-electron chi connectivity index (χ3n) is 5.35. The maximum Gasteiger partial charge on any atom is 0.269 e. The number of amides is 1. The van der Waals surface area contributed by atoms with Crippen LogP contribution in [0.5, 0.6) is 0 Å². The van der Waals surface area contributed by atoms with E-state index in [1.54, 1.807) is 23.5 Å². The van der Waals surface area contributed by atoms with Gasteiger partial charge < -0.3 is 4.90 Å². The van der Waals surface area contributed by atoms with E-state index in [-0.39, 0.29) is 16.8 Å². The van der Waals surface area contributed by atoms with Gasteiger partial charge in [-0.25, -0.2) is 4.98 Å². The highest BCUT2D eigenvalue weighted by molar-refractivity contribution is 8.00. The molecule has 2 aromatic carbocycles. The van der Waals surface area contributed by atoms with Crippen LogP contribution in [-0.4, -0.2) is 57.0 Å². The smallest absolute Gasteiger partial charge is 0.269 e. The van der Waals surface area contributed by atoms with Crippen molar-refractivity contribution in [1.29, 1.82) is 0 Å². The number of carbonyl (C=O) groups excluding carboxylic acids is 1. The highest BCUT2D eigenvalue weighted by atomic mass is 32.2. The van der Waals surface area contributed by atoms with E-state index in [1.807, 2.05) is 30.0 Å². The number of benzene rings is 2. The van der Waals surface area contributed by atoms with Crippen LogP contribution in [0.15, 0.2) is 64.9 Å². The molecule has 1 atom stereocenters. The summed E-state index contributed by atoms with van der Waals surface area (Å²) >= 11 is 3.10. The molecule has 0 bridgehead atoms. The highest BCUT2D eigenvalue weighted by Crippen LogP contribution is 2.27. The topological polar surface area (TPSA) is 79.6 Å².